The molecule has 0 bridgehead atoms. The van der Waals surface area contributed by atoms with Gasteiger partial charge in [-0.25, -0.2) is 0 Å². The smallest absolute Gasteiger partial charge is 0.00746 e. The maximum atomic E-state index is 5.58. The predicted octanol–water partition coefficient (Wildman–Crippen LogP) is 3.65. The maximum absolute atomic E-state index is 5.58. The molecule has 0 saturated heterocycles. The predicted molar refractivity (Wildman–Crippen MR) is 69.7 cm³/mol. The molecule has 2 N–H and O–H groups in total. The van der Waals surface area contributed by atoms with Gasteiger partial charge in [-0.15, -0.1) is 0 Å². The first-order valence-electron chi connectivity index (χ1n) is 6.50. The zero-order chi connectivity index (χ0) is 11.5. The van der Waals surface area contributed by atoms with Crippen LogP contribution in [0.3, 0.4) is 0 Å². The Morgan fingerprint density at radius 1 is 1.19 bits per heavy atom. The number of rotatable bonds is 4. The summed E-state index contributed by atoms with van der Waals surface area (Å²) in [7, 11) is 0. The molecular weight excluding hydrogens is 194 g/mol. The Balaban J connectivity index is 1.92. The molecule has 1 aromatic carbocycles. The summed E-state index contributed by atoms with van der Waals surface area (Å²) in [4.78, 5) is 0. The van der Waals surface area contributed by atoms with Gasteiger partial charge in [0.1, 0.15) is 0 Å². The van der Waals surface area contributed by atoms with E-state index < -0.39 is 0 Å². The van der Waals surface area contributed by atoms with Crippen molar-refractivity contribution in [2.45, 2.75) is 44.9 Å². The van der Waals surface area contributed by atoms with E-state index in [0.29, 0.717) is 5.92 Å². The Kier molecular flexibility index (Phi) is 3.65. The summed E-state index contributed by atoms with van der Waals surface area (Å²) in [6, 6.07) is 9.21. The van der Waals surface area contributed by atoms with Gasteiger partial charge in [0, 0.05) is 0 Å². The molecule has 2 rings (SSSR count). The minimum absolute atomic E-state index is 0.639. The van der Waals surface area contributed by atoms with E-state index in [1.54, 1.807) is 0 Å². The highest BCUT2D eigenvalue weighted by Crippen LogP contribution is 2.43. The molecule has 0 amide bonds. The van der Waals surface area contributed by atoms with E-state index >= 15 is 0 Å². The normalized spacial score (nSPS) is 24.5. The van der Waals surface area contributed by atoms with Crippen molar-refractivity contribution < 1.29 is 0 Å². The van der Waals surface area contributed by atoms with E-state index in [4.69, 9.17) is 5.73 Å². The van der Waals surface area contributed by atoms with Crippen LogP contribution in [0.15, 0.2) is 24.3 Å². The molecular formula is C15H23N. The summed E-state index contributed by atoms with van der Waals surface area (Å²) in [5.74, 6) is 2.33. The molecule has 1 nitrogen and oxygen atoms in total. The molecule has 0 radical (unpaired) electrons. The zero-order valence-corrected chi connectivity index (χ0v) is 10.4. The Morgan fingerprint density at radius 2 is 1.81 bits per heavy atom. The summed E-state index contributed by atoms with van der Waals surface area (Å²) in [6.07, 6.45) is 3.90. The molecule has 1 fully saturated rings. The lowest BCUT2D eigenvalue weighted by Crippen LogP contribution is -2.24. The Labute approximate surface area is 99.0 Å². The van der Waals surface area contributed by atoms with E-state index in [1.807, 2.05) is 0 Å². The fourth-order valence-electron chi connectivity index (χ4n) is 2.63. The summed E-state index contributed by atoms with van der Waals surface area (Å²) < 4.78 is 0. The number of benzene rings is 1. The molecule has 0 spiro atoms. The molecule has 0 heterocycles. The van der Waals surface area contributed by atoms with E-state index in [9.17, 15) is 0 Å². The van der Waals surface area contributed by atoms with Gasteiger partial charge in [0.25, 0.3) is 0 Å². The van der Waals surface area contributed by atoms with E-state index in [-0.39, 0.29) is 0 Å². The monoisotopic (exact) mass is 217 g/mol. The average Bonchev–Trinajstić information content (AvgIpc) is 2.23. The van der Waals surface area contributed by atoms with Gasteiger partial charge in [-0.1, -0.05) is 38.1 Å². The topological polar surface area (TPSA) is 26.0 Å². The molecule has 88 valence electrons. The van der Waals surface area contributed by atoms with E-state index in [1.165, 1.54) is 30.4 Å². The first kappa shape index (κ1) is 11.7. The fourth-order valence-corrected chi connectivity index (χ4v) is 2.63. The van der Waals surface area contributed by atoms with Crippen molar-refractivity contribution in [1.82, 2.24) is 0 Å². The van der Waals surface area contributed by atoms with Crippen LogP contribution in [0, 0.1) is 5.92 Å². The Bertz CT molecular complexity index is 320. The number of hydrogen-bond donors (Lipinski definition) is 1. The first-order chi connectivity index (χ1) is 7.70. The largest absolute Gasteiger partial charge is 0.330 e. The van der Waals surface area contributed by atoms with Crippen LogP contribution in [0.1, 0.15) is 56.1 Å². The molecule has 1 heteroatoms. The van der Waals surface area contributed by atoms with Gasteiger partial charge in [0.05, 0.1) is 0 Å². The van der Waals surface area contributed by atoms with Crippen LogP contribution in [-0.4, -0.2) is 6.54 Å². The Morgan fingerprint density at radius 3 is 2.31 bits per heavy atom. The number of nitrogens with two attached hydrogens (primary N) is 1. The minimum atomic E-state index is 0.639. The van der Waals surface area contributed by atoms with Crippen LogP contribution < -0.4 is 5.73 Å². The van der Waals surface area contributed by atoms with Crippen molar-refractivity contribution in [2.24, 2.45) is 11.7 Å². The van der Waals surface area contributed by atoms with Gasteiger partial charge in [0.15, 0.2) is 0 Å². The van der Waals surface area contributed by atoms with Crippen molar-refractivity contribution in [1.29, 1.82) is 0 Å². The van der Waals surface area contributed by atoms with Crippen molar-refractivity contribution >= 4 is 0 Å². The molecule has 0 aliphatic heterocycles. The van der Waals surface area contributed by atoms with Crippen molar-refractivity contribution in [3.63, 3.8) is 0 Å². The summed E-state index contributed by atoms with van der Waals surface area (Å²) >= 11 is 0. The van der Waals surface area contributed by atoms with Gasteiger partial charge in [-0.05, 0) is 54.7 Å². The van der Waals surface area contributed by atoms with Crippen molar-refractivity contribution in [3.8, 4) is 0 Å². The van der Waals surface area contributed by atoms with Crippen LogP contribution in [0.5, 0.6) is 0 Å². The standard InChI is InChI=1S/C15H23N/c1-11(2)13-3-5-14(6-4-13)15-9-12(10-15)7-8-16/h3-6,11-12,15H,7-10,16H2,1-2H3. The van der Waals surface area contributed by atoms with Gasteiger partial charge in [0.2, 0.25) is 0 Å². The third kappa shape index (κ3) is 2.46. The van der Waals surface area contributed by atoms with E-state index in [0.717, 1.165) is 18.4 Å². The molecule has 0 atom stereocenters. The molecule has 1 aromatic rings. The van der Waals surface area contributed by atoms with Crippen LogP contribution in [0.4, 0.5) is 0 Å². The highest BCUT2D eigenvalue weighted by molar-refractivity contribution is 5.28. The van der Waals surface area contributed by atoms with Crippen LogP contribution >= 0.6 is 0 Å². The second kappa shape index (κ2) is 5.01. The van der Waals surface area contributed by atoms with Crippen molar-refractivity contribution in [2.75, 3.05) is 6.54 Å². The van der Waals surface area contributed by atoms with E-state index in [2.05, 4.69) is 38.1 Å². The van der Waals surface area contributed by atoms with Gasteiger partial charge in [-0.2, -0.15) is 0 Å². The second-order valence-corrected chi connectivity index (χ2v) is 5.43. The van der Waals surface area contributed by atoms with Gasteiger partial charge in [-0.3, -0.25) is 0 Å². The maximum Gasteiger partial charge on any atom is -0.00746 e. The third-order valence-corrected chi connectivity index (χ3v) is 3.89. The minimum Gasteiger partial charge on any atom is -0.330 e. The molecule has 1 aliphatic carbocycles. The Hall–Kier alpha value is -0.820. The molecule has 0 unspecified atom stereocenters. The second-order valence-electron chi connectivity index (χ2n) is 5.43. The SMILES string of the molecule is CC(C)c1ccc(C2CC(CCN)C2)cc1. The van der Waals surface area contributed by atoms with Crippen LogP contribution in [-0.2, 0) is 0 Å². The van der Waals surface area contributed by atoms with Crippen LogP contribution in [0.2, 0.25) is 0 Å². The first-order valence-corrected chi connectivity index (χ1v) is 6.50. The number of hydrogen-bond acceptors (Lipinski definition) is 1. The lowest BCUT2D eigenvalue weighted by atomic mass is 9.70. The highest BCUT2D eigenvalue weighted by atomic mass is 14.5. The average molecular weight is 217 g/mol. The molecule has 0 aromatic heterocycles. The van der Waals surface area contributed by atoms with Crippen LogP contribution in [0.25, 0.3) is 0 Å². The lowest BCUT2D eigenvalue weighted by Gasteiger charge is -2.35. The molecule has 1 saturated carbocycles. The third-order valence-electron chi connectivity index (χ3n) is 3.89. The quantitative estimate of drug-likeness (QED) is 0.818. The lowest BCUT2D eigenvalue weighted by molar-refractivity contribution is 0.251. The summed E-state index contributed by atoms with van der Waals surface area (Å²) in [5, 5.41) is 0. The highest BCUT2D eigenvalue weighted by Gasteiger charge is 2.29. The van der Waals surface area contributed by atoms with Gasteiger partial charge < -0.3 is 5.73 Å². The molecule has 16 heavy (non-hydrogen) atoms. The van der Waals surface area contributed by atoms with Crippen molar-refractivity contribution in [3.05, 3.63) is 35.4 Å². The summed E-state index contributed by atoms with van der Waals surface area (Å²) in [5.41, 5.74) is 8.55. The van der Waals surface area contributed by atoms with Gasteiger partial charge >= 0.3 is 0 Å². The summed E-state index contributed by atoms with van der Waals surface area (Å²) in [6.45, 7) is 5.34. The fraction of sp³-hybridized carbons (Fsp3) is 0.600. The molecule has 1 aliphatic rings. The zero-order valence-electron chi connectivity index (χ0n) is 10.4.